The predicted octanol–water partition coefficient (Wildman–Crippen LogP) is 2.93. The Balaban J connectivity index is 1.43. The molecule has 0 aromatic heterocycles. The number of carbonyl (C=O) groups excluding carboxylic acids is 1. The van der Waals surface area contributed by atoms with Crippen LogP contribution in [0.15, 0.2) is 24.3 Å². The van der Waals surface area contributed by atoms with Gasteiger partial charge >= 0.3 is 0 Å². The molecule has 0 radical (unpaired) electrons. The number of carbonyl (C=O) groups is 1. The topological polar surface area (TPSA) is 32.3 Å². The van der Waals surface area contributed by atoms with Gasteiger partial charge < -0.3 is 5.32 Å². The number of piperidine rings is 1. The number of hydrogen-bond acceptors (Lipinski definition) is 2. The molecule has 1 heterocycles. The van der Waals surface area contributed by atoms with E-state index in [0.29, 0.717) is 11.8 Å². The minimum Gasteiger partial charge on any atom is -0.356 e. The first-order valence-electron chi connectivity index (χ1n) is 7.93. The molecule has 1 aliphatic carbocycles. The Morgan fingerprint density at radius 2 is 1.95 bits per heavy atom. The zero-order valence-corrected chi connectivity index (χ0v) is 13.3. The fourth-order valence-electron chi connectivity index (χ4n) is 3.49. The average Bonchev–Trinajstić information content (AvgIpc) is 2.98. The molecule has 0 spiro atoms. The minimum absolute atomic E-state index is 0.281. The zero-order chi connectivity index (χ0) is 14.8. The molecule has 1 amide bonds. The SMILES string of the molecule is CCCCNC(=O)C1C2CN(Cc3ccc(Cl)cc3)CC21. The van der Waals surface area contributed by atoms with E-state index < -0.39 is 0 Å². The number of nitrogens with one attached hydrogen (secondary N) is 1. The van der Waals surface area contributed by atoms with Gasteiger partial charge in [0.25, 0.3) is 0 Å². The summed E-state index contributed by atoms with van der Waals surface area (Å²) in [5.41, 5.74) is 1.30. The number of likely N-dealkylation sites (tertiary alicyclic amines) is 1. The van der Waals surface area contributed by atoms with E-state index in [1.807, 2.05) is 12.1 Å². The van der Waals surface area contributed by atoms with Crippen molar-refractivity contribution in [3.05, 3.63) is 34.9 Å². The lowest BCUT2D eigenvalue weighted by molar-refractivity contribution is -0.123. The van der Waals surface area contributed by atoms with Gasteiger partial charge in [0.15, 0.2) is 0 Å². The van der Waals surface area contributed by atoms with Crippen LogP contribution >= 0.6 is 11.6 Å². The van der Waals surface area contributed by atoms with Crippen molar-refractivity contribution in [2.24, 2.45) is 17.8 Å². The van der Waals surface area contributed by atoms with E-state index in [9.17, 15) is 4.79 Å². The van der Waals surface area contributed by atoms with Gasteiger partial charge in [-0.2, -0.15) is 0 Å². The van der Waals surface area contributed by atoms with Crippen molar-refractivity contribution in [3.63, 3.8) is 0 Å². The third-order valence-corrected chi connectivity index (χ3v) is 4.97. The minimum atomic E-state index is 0.281. The summed E-state index contributed by atoms with van der Waals surface area (Å²) in [4.78, 5) is 14.5. The number of nitrogens with zero attached hydrogens (tertiary/aromatic N) is 1. The third kappa shape index (κ3) is 3.41. The highest BCUT2D eigenvalue weighted by molar-refractivity contribution is 6.30. The van der Waals surface area contributed by atoms with Gasteiger partial charge in [-0.05, 0) is 36.0 Å². The summed E-state index contributed by atoms with van der Waals surface area (Å²) in [7, 11) is 0. The second-order valence-electron chi connectivity index (χ2n) is 6.32. The van der Waals surface area contributed by atoms with E-state index in [-0.39, 0.29) is 11.8 Å². The van der Waals surface area contributed by atoms with Gasteiger partial charge in [-0.1, -0.05) is 37.1 Å². The number of halogens is 1. The van der Waals surface area contributed by atoms with Gasteiger partial charge in [-0.15, -0.1) is 0 Å². The van der Waals surface area contributed by atoms with E-state index in [4.69, 9.17) is 11.6 Å². The summed E-state index contributed by atoms with van der Waals surface area (Å²) in [6, 6.07) is 8.05. The van der Waals surface area contributed by atoms with Crippen molar-refractivity contribution < 1.29 is 4.79 Å². The molecule has 2 aliphatic rings. The summed E-state index contributed by atoms with van der Waals surface area (Å²) in [6.07, 6.45) is 2.21. The highest BCUT2D eigenvalue weighted by Crippen LogP contribution is 2.52. The summed E-state index contributed by atoms with van der Waals surface area (Å²) >= 11 is 5.91. The van der Waals surface area contributed by atoms with Crippen molar-refractivity contribution in [1.82, 2.24) is 10.2 Å². The molecule has 21 heavy (non-hydrogen) atoms. The second-order valence-corrected chi connectivity index (χ2v) is 6.76. The van der Waals surface area contributed by atoms with Gasteiger partial charge in [-0.3, -0.25) is 9.69 Å². The van der Waals surface area contributed by atoms with Crippen LogP contribution in [0.4, 0.5) is 0 Å². The Labute approximate surface area is 131 Å². The van der Waals surface area contributed by atoms with Crippen molar-refractivity contribution in [2.45, 2.75) is 26.3 Å². The van der Waals surface area contributed by atoms with E-state index in [2.05, 4.69) is 29.3 Å². The van der Waals surface area contributed by atoms with E-state index in [0.717, 1.165) is 44.0 Å². The van der Waals surface area contributed by atoms with Crippen molar-refractivity contribution in [2.75, 3.05) is 19.6 Å². The number of hydrogen-bond donors (Lipinski definition) is 1. The largest absolute Gasteiger partial charge is 0.356 e. The van der Waals surface area contributed by atoms with Crippen LogP contribution in [-0.2, 0) is 11.3 Å². The fraction of sp³-hybridized carbons (Fsp3) is 0.588. The molecular weight excluding hydrogens is 284 g/mol. The molecule has 3 rings (SSSR count). The molecule has 0 bridgehead atoms. The van der Waals surface area contributed by atoms with E-state index >= 15 is 0 Å². The molecule has 1 aromatic carbocycles. The monoisotopic (exact) mass is 306 g/mol. The average molecular weight is 307 g/mol. The number of fused-ring (bicyclic) bond motifs is 1. The predicted molar refractivity (Wildman–Crippen MR) is 85.1 cm³/mol. The quantitative estimate of drug-likeness (QED) is 0.820. The Kier molecular flexibility index (Phi) is 4.51. The lowest BCUT2D eigenvalue weighted by Gasteiger charge is -2.19. The molecular formula is C17H23ClN2O. The Morgan fingerprint density at radius 1 is 1.29 bits per heavy atom. The van der Waals surface area contributed by atoms with Crippen LogP contribution in [0.5, 0.6) is 0 Å². The van der Waals surface area contributed by atoms with Crippen LogP contribution in [0.25, 0.3) is 0 Å². The van der Waals surface area contributed by atoms with Gasteiger partial charge in [-0.25, -0.2) is 0 Å². The molecule has 1 aliphatic heterocycles. The molecule has 2 atom stereocenters. The lowest BCUT2D eigenvalue weighted by atomic mass is 10.2. The highest BCUT2D eigenvalue weighted by Gasteiger charge is 2.58. The van der Waals surface area contributed by atoms with Crippen molar-refractivity contribution in [3.8, 4) is 0 Å². The van der Waals surface area contributed by atoms with Gasteiger partial charge in [0.05, 0.1) is 0 Å². The molecule has 2 fully saturated rings. The summed E-state index contributed by atoms with van der Waals surface area (Å²) in [5.74, 6) is 1.73. The smallest absolute Gasteiger partial charge is 0.223 e. The van der Waals surface area contributed by atoms with E-state index in [1.54, 1.807) is 0 Å². The van der Waals surface area contributed by atoms with Gasteiger partial charge in [0.1, 0.15) is 0 Å². The normalized spacial score (nSPS) is 27.4. The number of unbranched alkanes of at least 4 members (excludes halogenated alkanes) is 1. The molecule has 1 N–H and O–H groups in total. The molecule has 4 heteroatoms. The van der Waals surface area contributed by atoms with Crippen LogP contribution in [0.3, 0.4) is 0 Å². The maximum Gasteiger partial charge on any atom is 0.223 e. The number of rotatable bonds is 6. The molecule has 3 nitrogen and oxygen atoms in total. The standard InChI is InChI=1S/C17H23ClN2O/c1-2-3-8-19-17(21)16-14-10-20(11-15(14)16)9-12-4-6-13(18)7-5-12/h4-7,14-16H,2-3,8-11H2,1H3,(H,19,21). The number of benzene rings is 1. The van der Waals surface area contributed by atoms with Crippen LogP contribution < -0.4 is 5.32 Å². The van der Waals surface area contributed by atoms with E-state index in [1.165, 1.54) is 5.56 Å². The van der Waals surface area contributed by atoms with Crippen LogP contribution in [0.2, 0.25) is 5.02 Å². The highest BCUT2D eigenvalue weighted by atomic mass is 35.5. The Morgan fingerprint density at radius 3 is 2.57 bits per heavy atom. The van der Waals surface area contributed by atoms with Crippen molar-refractivity contribution >= 4 is 17.5 Å². The first-order valence-corrected chi connectivity index (χ1v) is 8.31. The molecule has 1 saturated carbocycles. The Hall–Kier alpha value is -1.06. The molecule has 1 aromatic rings. The summed E-state index contributed by atoms with van der Waals surface area (Å²) < 4.78 is 0. The Bertz CT molecular complexity index is 490. The summed E-state index contributed by atoms with van der Waals surface area (Å²) in [6.45, 7) is 6.05. The molecule has 1 saturated heterocycles. The molecule has 114 valence electrons. The maximum absolute atomic E-state index is 12.1. The first-order chi connectivity index (χ1) is 10.2. The first kappa shape index (κ1) is 14.9. The third-order valence-electron chi connectivity index (χ3n) is 4.72. The van der Waals surface area contributed by atoms with Gasteiger partial charge in [0.2, 0.25) is 5.91 Å². The van der Waals surface area contributed by atoms with Crippen LogP contribution in [-0.4, -0.2) is 30.4 Å². The van der Waals surface area contributed by atoms with Crippen LogP contribution in [0, 0.1) is 17.8 Å². The lowest BCUT2D eigenvalue weighted by Crippen LogP contribution is -2.32. The fourth-order valence-corrected chi connectivity index (χ4v) is 3.61. The maximum atomic E-state index is 12.1. The van der Waals surface area contributed by atoms with Crippen LogP contribution in [0.1, 0.15) is 25.3 Å². The number of amides is 1. The zero-order valence-electron chi connectivity index (χ0n) is 12.5. The second kappa shape index (κ2) is 6.37. The summed E-state index contributed by atoms with van der Waals surface area (Å²) in [5, 5.41) is 3.86. The molecule has 2 unspecified atom stereocenters. The van der Waals surface area contributed by atoms with Gasteiger partial charge in [0, 0.05) is 37.1 Å². The van der Waals surface area contributed by atoms with Crippen molar-refractivity contribution in [1.29, 1.82) is 0 Å².